The normalized spacial score (nSPS) is 13.4. The molecule has 0 aliphatic carbocycles. The second-order valence-electron chi connectivity index (χ2n) is 4.73. The lowest BCUT2D eigenvalue weighted by atomic mass is 9.84. The van der Waals surface area contributed by atoms with Crippen molar-refractivity contribution in [3.8, 4) is 0 Å². The first-order valence-electron chi connectivity index (χ1n) is 5.75. The van der Waals surface area contributed by atoms with Crippen LogP contribution in [0.5, 0.6) is 0 Å². The van der Waals surface area contributed by atoms with Crippen molar-refractivity contribution in [1.29, 1.82) is 0 Å². The molecular formula is C11H25NO2S2. The molecule has 0 fully saturated rings. The number of nitrogens with zero attached hydrogens (tertiary/aromatic N) is 1. The zero-order valence-electron chi connectivity index (χ0n) is 10.9. The van der Waals surface area contributed by atoms with Crippen molar-refractivity contribution in [3.05, 3.63) is 0 Å². The number of rotatable bonds is 8. The van der Waals surface area contributed by atoms with Crippen molar-refractivity contribution in [1.82, 2.24) is 4.90 Å². The standard InChI is InChI=1S/C11H25NO2S2/c1-5-11(6-2,10-15)9-12(3)7-8-16(4,13)14/h15H,5-10H2,1-4H3. The second-order valence-corrected chi connectivity index (χ2v) is 7.31. The molecule has 0 radical (unpaired) electrons. The van der Waals surface area contributed by atoms with E-state index >= 15 is 0 Å². The molecule has 5 heteroatoms. The molecule has 0 rings (SSSR count). The van der Waals surface area contributed by atoms with Gasteiger partial charge in [0, 0.05) is 19.3 Å². The molecule has 0 spiro atoms. The van der Waals surface area contributed by atoms with E-state index in [0.29, 0.717) is 6.54 Å². The lowest BCUT2D eigenvalue weighted by molar-refractivity contribution is 0.191. The van der Waals surface area contributed by atoms with E-state index in [4.69, 9.17) is 0 Å². The molecule has 98 valence electrons. The molecule has 0 atom stereocenters. The summed E-state index contributed by atoms with van der Waals surface area (Å²) in [5, 5.41) is 0. The SMILES string of the molecule is CCC(CC)(CS)CN(C)CCS(C)(=O)=O. The van der Waals surface area contributed by atoms with Crippen molar-refractivity contribution < 1.29 is 8.42 Å². The van der Waals surface area contributed by atoms with Gasteiger partial charge in [0.1, 0.15) is 9.84 Å². The molecule has 0 amide bonds. The molecule has 0 aromatic rings. The van der Waals surface area contributed by atoms with E-state index in [-0.39, 0.29) is 11.2 Å². The Labute approximate surface area is 106 Å². The topological polar surface area (TPSA) is 37.4 Å². The summed E-state index contributed by atoms with van der Waals surface area (Å²) in [7, 11) is -0.875. The van der Waals surface area contributed by atoms with E-state index in [0.717, 1.165) is 25.1 Å². The molecule has 0 N–H and O–H groups in total. The quantitative estimate of drug-likeness (QED) is 0.680. The summed E-state index contributed by atoms with van der Waals surface area (Å²) in [6.45, 7) is 5.86. The van der Waals surface area contributed by atoms with Crippen LogP contribution in [0.25, 0.3) is 0 Å². The van der Waals surface area contributed by atoms with Gasteiger partial charge in [-0.05, 0) is 31.1 Å². The summed E-state index contributed by atoms with van der Waals surface area (Å²) in [5.74, 6) is 1.09. The van der Waals surface area contributed by atoms with Crippen molar-refractivity contribution in [2.75, 3.05) is 37.9 Å². The van der Waals surface area contributed by atoms with E-state index in [1.807, 2.05) is 7.05 Å². The van der Waals surface area contributed by atoms with E-state index < -0.39 is 9.84 Å². The largest absolute Gasteiger partial charge is 0.305 e. The molecule has 0 saturated heterocycles. The van der Waals surface area contributed by atoms with Crippen LogP contribution in [-0.2, 0) is 9.84 Å². The Morgan fingerprint density at radius 1 is 1.25 bits per heavy atom. The molecule has 16 heavy (non-hydrogen) atoms. The van der Waals surface area contributed by atoms with Gasteiger partial charge in [0.25, 0.3) is 0 Å². The monoisotopic (exact) mass is 267 g/mol. The van der Waals surface area contributed by atoms with Crippen LogP contribution < -0.4 is 0 Å². The van der Waals surface area contributed by atoms with E-state index in [9.17, 15) is 8.42 Å². The molecule has 0 heterocycles. The van der Waals surface area contributed by atoms with Gasteiger partial charge in [0.15, 0.2) is 0 Å². The van der Waals surface area contributed by atoms with Gasteiger partial charge in [-0.2, -0.15) is 12.6 Å². The highest BCUT2D eigenvalue weighted by Gasteiger charge is 2.26. The second kappa shape index (κ2) is 6.87. The van der Waals surface area contributed by atoms with E-state index in [2.05, 4.69) is 31.4 Å². The average molecular weight is 267 g/mol. The van der Waals surface area contributed by atoms with Gasteiger partial charge in [-0.3, -0.25) is 0 Å². The zero-order valence-corrected chi connectivity index (χ0v) is 12.6. The minimum absolute atomic E-state index is 0.218. The summed E-state index contributed by atoms with van der Waals surface area (Å²) >= 11 is 4.42. The Balaban J connectivity index is 4.26. The van der Waals surface area contributed by atoms with Gasteiger partial charge >= 0.3 is 0 Å². The van der Waals surface area contributed by atoms with Crippen LogP contribution in [0.1, 0.15) is 26.7 Å². The van der Waals surface area contributed by atoms with Crippen molar-refractivity contribution in [2.45, 2.75) is 26.7 Å². The highest BCUT2D eigenvalue weighted by molar-refractivity contribution is 7.90. The summed E-state index contributed by atoms with van der Waals surface area (Å²) in [6.07, 6.45) is 3.44. The Morgan fingerprint density at radius 3 is 2.06 bits per heavy atom. The van der Waals surface area contributed by atoms with Crippen molar-refractivity contribution in [2.24, 2.45) is 5.41 Å². The Kier molecular flexibility index (Phi) is 6.98. The van der Waals surface area contributed by atoms with Gasteiger partial charge in [-0.15, -0.1) is 0 Å². The molecule has 0 aliphatic rings. The van der Waals surface area contributed by atoms with E-state index in [1.54, 1.807) is 0 Å². The summed E-state index contributed by atoms with van der Waals surface area (Å²) in [4.78, 5) is 2.10. The molecule has 0 bridgehead atoms. The lowest BCUT2D eigenvalue weighted by Crippen LogP contribution is -2.38. The zero-order chi connectivity index (χ0) is 12.8. The molecule has 0 unspecified atom stereocenters. The van der Waals surface area contributed by atoms with E-state index in [1.165, 1.54) is 6.26 Å². The smallest absolute Gasteiger partial charge is 0.148 e. The minimum atomic E-state index is -2.86. The molecule has 0 aromatic heterocycles. The maximum atomic E-state index is 11.1. The van der Waals surface area contributed by atoms with Crippen LogP contribution in [0.2, 0.25) is 0 Å². The highest BCUT2D eigenvalue weighted by atomic mass is 32.2. The third-order valence-corrected chi connectivity index (χ3v) is 4.88. The first kappa shape index (κ1) is 16.3. The van der Waals surface area contributed by atoms with Gasteiger partial charge in [0.05, 0.1) is 5.75 Å². The first-order valence-corrected chi connectivity index (χ1v) is 8.45. The maximum absolute atomic E-state index is 11.1. The molecule has 0 aromatic carbocycles. The van der Waals surface area contributed by atoms with Crippen LogP contribution in [-0.4, -0.2) is 51.2 Å². The number of hydrogen-bond donors (Lipinski definition) is 1. The van der Waals surface area contributed by atoms with Crippen molar-refractivity contribution >= 4 is 22.5 Å². The Morgan fingerprint density at radius 2 is 1.75 bits per heavy atom. The average Bonchev–Trinajstić information content (AvgIpc) is 2.22. The molecule has 0 aliphatic heterocycles. The fourth-order valence-corrected chi connectivity index (χ4v) is 2.91. The minimum Gasteiger partial charge on any atom is -0.305 e. The van der Waals surface area contributed by atoms with Gasteiger partial charge < -0.3 is 4.90 Å². The highest BCUT2D eigenvalue weighted by Crippen LogP contribution is 2.28. The number of sulfone groups is 1. The number of hydrogen-bond acceptors (Lipinski definition) is 4. The first-order chi connectivity index (χ1) is 7.28. The van der Waals surface area contributed by atoms with Crippen LogP contribution in [0.3, 0.4) is 0 Å². The van der Waals surface area contributed by atoms with Crippen LogP contribution >= 0.6 is 12.6 Å². The van der Waals surface area contributed by atoms with Crippen LogP contribution in [0.4, 0.5) is 0 Å². The van der Waals surface area contributed by atoms with Gasteiger partial charge in [0.2, 0.25) is 0 Å². The fourth-order valence-electron chi connectivity index (χ4n) is 1.72. The lowest BCUT2D eigenvalue weighted by Gasteiger charge is -2.34. The third kappa shape index (κ3) is 6.11. The van der Waals surface area contributed by atoms with Gasteiger partial charge in [-0.25, -0.2) is 8.42 Å². The van der Waals surface area contributed by atoms with Crippen LogP contribution in [0, 0.1) is 5.41 Å². The summed E-state index contributed by atoms with van der Waals surface area (Å²) in [6, 6.07) is 0. The molecule has 0 saturated carbocycles. The summed E-state index contributed by atoms with van der Waals surface area (Å²) in [5.41, 5.74) is 0.218. The predicted molar refractivity (Wildman–Crippen MR) is 74.1 cm³/mol. The van der Waals surface area contributed by atoms with Crippen molar-refractivity contribution in [3.63, 3.8) is 0 Å². The Bertz CT molecular complexity index is 276. The Hall–Kier alpha value is 0.260. The molecular weight excluding hydrogens is 242 g/mol. The fraction of sp³-hybridized carbons (Fsp3) is 1.00. The molecule has 3 nitrogen and oxygen atoms in total. The number of thiol groups is 1. The van der Waals surface area contributed by atoms with Crippen LogP contribution in [0.15, 0.2) is 0 Å². The third-order valence-electron chi connectivity index (χ3n) is 3.28. The predicted octanol–water partition coefficient (Wildman–Crippen LogP) is 1.70. The van der Waals surface area contributed by atoms with Gasteiger partial charge in [-0.1, -0.05) is 13.8 Å². The summed E-state index contributed by atoms with van der Waals surface area (Å²) < 4.78 is 22.1. The maximum Gasteiger partial charge on any atom is 0.148 e.